The molecule has 2 aliphatic heterocycles. The molecule has 1 fully saturated rings. The van der Waals surface area contributed by atoms with E-state index in [4.69, 9.17) is 18.6 Å². The Morgan fingerprint density at radius 2 is 1.59 bits per heavy atom. The van der Waals surface area contributed by atoms with E-state index in [0.717, 1.165) is 19.6 Å². The van der Waals surface area contributed by atoms with E-state index in [9.17, 15) is 8.42 Å². The molecule has 10 heteroatoms. The summed E-state index contributed by atoms with van der Waals surface area (Å²) in [6, 6.07) is 22.1. The molecule has 39 heavy (non-hydrogen) atoms. The van der Waals surface area contributed by atoms with Crippen LogP contribution in [0.2, 0.25) is 0 Å². The van der Waals surface area contributed by atoms with E-state index >= 15 is 0 Å². The minimum atomic E-state index is -4.03. The monoisotopic (exact) mass is 547 g/mol. The molecule has 202 valence electrons. The Labute approximate surface area is 227 Å². The van der Waals surface area contributed by atoms with Crippen LogP contribution >= 0.6 is 0 Å². The van der Waals surface area contributed by atoms with Gasteiger partial charge in [0.05, 0.1) is 12.0 Å². The van der Waals surface area contributed by atoms with Crippen molar-refractivity contribution in [2.24, 2.45) is 0 Å². The van der Waals surface area contributed by atoms with E-state index in [-0.39, 0.29) is 21.7 Å². The normalized spacial score (nSPS) is 15.8. The van der Waals surface area contributed by atoms with Crippen LogP contribution in [0.3, 0.4) is 0 Å². The van der Waals surface area contributed by atoms with Gasteiger partial charge in [-0.2, -0.15) is 4.98 Å². The molecule has 9 nitrogen and oxygen atoms in total. The highest BCUT2D eigenvalue weighted by atomic mass is 32.2. The maximum Gasteiger partial charge on any atom is 0.236 e. The number of ether oxygens (including phenoxy) is 3. The number of oxazole rings is 1. The van der Waals surface area contributed by atoms with Crippen LogP contribution in [-0.2, 0) is 16.4 Å². The number of hydrogen-bond donors (Lipinski definition) is 0. The van der Waals surface area contributed by atoms with E-state index in [2.05, 4.69) is 22.0 Å². The summed E-state index contributed by atoms with van der Waals surface area (Å²) in [5.74, 6) is 2.08. The molecule has 0 bridgehead atoms. The summed E-state index contributed by atoms with van der Waals surface area (Å²) in [6.45, 7) is 4.36. The highest BCUT2D eigenvalue weighted by Crippen LogP contribution is 2.38. The van der Waals surface area contributed by atoms with Gasteiger partial charge in [-0.25, -0.2) is 8.42 Å². The van der Waals surface area contributed by atoms with Crippen molar-refractivity contribution >= 4 is 15.7 Å². The molecule has 2 aliphatic rings. The number of piperazine rings is 1. The molecule has 0 unspecified atom stereocenters. The predicted molar refractivity (Wildman–Crippen MR) is 145 cm³/mol. The summed E-state index contributed by atoms with van der Waals surface area (Å²) in [5.41, 5.74) is 1.90. The van der Waals surface area contributed by atoms with Gasteiger partial charge in [0.1, 0.15) is 19.0 Å². The summed E-state index contributed by atoms with van der Waals surface area (Å²) in [4.78, 5) is 8.92. The fourth-order valence-corrected chi connectivity index (χ4v) is 6.12. The van der Waals surface area contributed by atoms with Gasteiger partial charge in [0.25, 0.3) is 0 Å². The van der Waals surface area contributed by atoms with Crippen LogP contribution in [0.5, 0.6) is 17.2 Å². The molecule has 0 aliphatic carbocycles. The smallest absolute Gasteiger partial charge is 0.236 e. The molecule has 0 saturated carbocycles. The predicted octanol–water partition coefficient (Wildman–Crippen LogP) is 4.28. The van der Waals surface area contributed by atoms with Crippen LogP contribution in [0.25, 0.3) is 11.5 Å². The SMILES string of the molecule is COc1ccc(-c2nc(S(=O)(=O)c3ccc4c(c3)OCCO4)c(N3CCN(Cc4ccccc4)CC3)o2)cc1. The molecule has 0 N–H and O–H groups in total. The van der Waals surface area contributed by atoms with Crippen molar-refractivity contribution in [3.05, 3.63) is 78.4 Å². The lowest BCUT2D eigenvalue weighted by Crippen LogP contribution is -2.46. The minimum Gasteiger partial charge on any atom is -0.497 e. The fourth-order valence-electron chi connectivity index (χ4n) is 4.78. The second kappa shape index (κ2) is 10.6. The zero-order valence-electron chi connectivity index (χ0n) is 21.6. The van der Waals surface area contributed by atoms with Gasteiger partial charge in [-0.05, 0) is 42.0 Å². The summed E-state index contributed by atoms with van der Waals surface area (Å²) in [5, 5.41) is -0.110. The molecule has 0 atom stereocenters. The minimum absolute atomic E-state index is 0.0743. The largest absolute Gasteiger partial charge is 0.497 e. The summed E-state index contributed by atoms with van der Waals surface area (Å²) in [7, 11) is -2.44. The Balaban J connectivity index is 1.33. The van der Waals surface area contributed by atoms with Crippen molar-refractivity contribution in [2.45, 2.75) is 16.5 Å². The van der Waals surface area contributed by atoms with E-state index in [1.54, 1.807) is 37.4 Å². The first-order chi connectivity index (χ1) is 19.0. The molecule has 0 spiro atoms. The lowest BCUT2D eigenvalue weighted by molar-refractivity contribution is 0.171. The maximum atomic E-state index is 14.0. The lowest BCUT2D eigenvalue weighted by atomic mass is 10.2. The number of methoxy groups -OCH3 is 1. The van der Waals surface area contributed by atoms with Crippen LogP contribution in [0.1, 0.15) is 5.56 Å². The zero-order valence-corrected chi connectivity index (χ0v) is 22.4. The van der Waals surface area contributed by atoms with E-state index in [0.29, 0.717) is 49.1 Å². The fraction of sp³-hybridized carbons (Fsp3) is 0.276. The number of rotatable bonds is 7. The first kappa shape index (κ1) is 25.3. The van der Waals surface area contributed by atoms with E-state index < -0.39 is 9.84 Å². The second-order valence-electron chi connectivity index (χ2n) is 9.42. The average Bonchev–Trinajstić information content (AvgIpc) is 3.44. The van der Waals surface area contributed by atoms with Gasteiger partial charge in [-0.15, -0.1) is 0 Å². The Morgan fingerprint density at radius 3 is 2.31 bits per heavy atom. The van der Waals surface area contributed by atoms with Crippen LogP contribution in [0, 0.1) is 0 Å². The van der Waals surface area contributed by atoms with Crippen LogP contribution in [-0.4, -0.2) is 64.8 Å². The van der Waals surface area contributed by atoms with Crippen molar-refractivity contribution in [1.82, 2.24) is 9.88 Å². The summed E-state index contributed by atoms with van der Waals surface area (Å²) < 4.78 is 50.6. The molecular weight excluding hydrogens is 518 g/mol. The molecule has 3 aromatic carbocycles. The number of anilines is 1. The molecule has 1 aromatic heterocycles. The van der Waals surface area contributed by atoms with Crippen molar-refractivity contribution < 1.29 is 27.0 Å². The van der Waals surface area contributed by atoms with Crippen LogP contribution in [0.15, 0.2) is 87.1 Å². The Hall–Kier alpha value is -4.02. The molecule has 0 amide bonds. The number of nitrogens with zero attached hydrogens (tertiary/aromatic N) is 3. The highest BCUT2D eigenvalue weighted by molar-refractivity contribution is 7.91. The highest BCUT2D eigenvalue weighted by Gasteiger charge is 2.33. The average molecular weight is 548 g/mol. The second-order valence-corrected chi connectivity index (χ2v) is 11.3. The topological polar surface area (TPSA) is 94.3 Å². The number of fused-ring (bicyclic) bond motifs is 1. The van der Waals surface area contributed by atoms with Crippen molar-refractivity contribution in [1.29, 1.82) is 0 Å². The first-order valence-electron chi connectivity index (χ1n) is 12.8. The van der Waals surface area contributed by atoms with Crippen LogP contribution < -0.4 is 19.1 Å². The summed E-state index contributed by atoms with van der Waals surface area (Å²) >= 11 is 0. The van der Waals surface area contributed by atoms with Gasteiger partial charge >= 0.3 is 0 Å². The standard InChI is InChI=1S/C29H29N3O6S/c1-35-23-9-7-22(8-10-23)27-30-28(39(33,34)24-11-12-25-26(19-24)37-18-17-36-25)29(38-27)32-15-13-31(14-16-32)20-21-5-3-2-4-6-21/h2-12,19H,13-18,20H2,1H3. The first-order valence-corrected chi connectivity index (χ1v) is 14.3. The Bertz CT molecular complexity index is 1550. The molecule has 6 rings (SSSR count). The van der Waals surface area contributed by atoms with Crippen LogP contribution in [0.4, 0.5) is 5.88 Å². The third-order valence-electron chi connectivity index (χ3n) is 6.90. The van der Waals surface area contributed by atoms with Gasteiger partial charge in [0.15, 0.2) is 11.5 Å². The van der Waals surface area contributed by atoms with Crippen molar-refractivity contribution in [2.75, 3.05) is 51.4 Å². The number of sulfone groups is 1. The molecule has 1 saturated heterocycles. The Kier molecular flexibility index (Phi) is 6.88. The number of aromatic nitrogens is 1. The zero-order chi connectivity index (χ0) is 26.8. The number of hydrogen-bond acceptors (Lipinski definition) is 9. The van der Waals surface area contributed by atoms with Crippen molar-refractivity contribution in [3.63, 3.8) is 0 Å². The van der Waals surface area contributed by atoms with Gasteiger partial charge in [0.2, 0.25) is 26.6 Å². The van der Waals surface area contributed by atoms with Gasteiger partial charge < -0.3 is 23.5 Å². The molecule has 0 radical (unpaired) electrons. The third kappa shape index (κ3) is 5.17. The Morgan fingerprint density at radius 1 is 0.872 bits per heavy atom. The molecular formula is C29H29N3O6S. The lowest BCUT2D eigenvalue weighted by Gasteiger charge is -2.34. The molecule has 3 heterocycles. The van der Waals surface area contributed by atoms with E-state index in [1.165, 1.54) is 17.7 Å². The van der Waals surface area contributed by atoms with E-state index in [1.807, 2.05) is 23.1 Å². The summed E-state index contributed by atoms with van der Waals surface area (Å²) in [6.07, 6.45) is 0. The van der Waals surface area contributed by atoms with Gasteiger partial charge in [-0.3, -0.25) is 4.90 Å². The van der Waals surface area contributed by atoms with Gasteiger partial charge in [0, 0.05) is 44.4 Å². The number of benzene rings is 3. The third-order valence-corrected chi connectivity index (χ3v) is 8.55. The maximum absolute atomic E-state index is 14.0. The quantitative estimate of drug-likeness (QED) is 0.336. The van der Waals surface area contributed by atoms with Gasteiger partial charge in [-0.1, -0.05) is 30.3 Å². The molecule has 4 aromatic rings. The van der Waals surface area contributed by atoms with Crippen molar-refractivity contribution in [3.8, 4) is 28.7 Å².